The number of aryl methyl sites for hydroxylation is 1. The number of rotatable bonds is 8. The zero-order valence-electron chi connectivity index (χ0n) is 15.8. The Morgan fingerprint density at radius 3 is 2.89 bits per heavy atom. The van der Waals surface area contributed by atoms with E-state index in [-0.39, 0.29) is 24.7 Å². The summed E-state index contributed by atoms with van der Waals surface area (Å²) >= 11 is 0. The molecule has 0 spiro atoms. The van der Waals surface area contributed by atoms with E-state index in [2.05, 4.69) is 15.6 Å². The van der Waals surface area contributed by atoms with Gasteiger partial charge in [0.25, 0.3) is 5.91 Å². The Morgan fingerprint density at radius 2 is 2.18 bits per heavy atom. The summed E-state index contributed by atoms with van der Waals surface area (Å²) in [6.07, 6.45) is 3.49. The van der Waals surface area contributed by atoms with Crippen LogP contribution in [0.15, 0.2) is 30.5 Å². The minimum atomic E-state index is -0.483. The van der Waals surface area contributed by atoms with Crippen LogP contribution < -0.4 is 5.32 Å². The SMILES string of the molecule is COCc1cn(CC[C@H]2CC[C@H](NC(=O)c3ccc(F)cc3)[C@H](CO)O2)nn1. The fourth-order valence-corrected chi connectivity index (χ4v) is 3.30. The van der Waals surface area contributed by atoms with Gasteiger partial charge in [-0.25, -0.2) is 4.39 Å². The maximum absolute atomic E-state index is 13.0. The van der Waals surface area contributed by atoms with Crippen molar-refractivity contribution < 1.29 is 23.8 Å². The molecule has 0 bridgehead atoms. The monoisotopic (exact) mass is 392 g/mol. The van der Waals surface area contributed by atoms with Gasteiger partial charge in [-0.3, -0.25) is 9.48 Å². The van der Waals surface area contributed by atoms with Crippen molar-refractivity contribution in [3.63, 3.8) is 0 Å². The lowest BCUT2D eigenvalue weighted by Gasteiger charge is -2.36. The molecule has 152 valence electrons. The van der Waals surface area contributed by atoms with Gasteiger partial charge < -0.3 is 19.9 Å². The number of hydrogen-bond acceptors (Lipinski definition) is 6. The number of aromatic nitrogens is 3. The van der Waals surface area contributed by atoms with Crippen LogP contribution in [0.3, 0.4) is 0 Å². The van der Waals surface area contributed by atoms with Gasteiger partial charge in [0.2, 0.25) is 0 Å². The molecule has 2 heterocycles. The van der Waals surface area contributed by atoms with Crippen LogP contribution in [-0.4, -0.2) is 58.0 Å². The van der Waals surface area contributed by atoms with E-state index < -0.39 is 11.9 Å². The van der Waals surface area contributed by atoms with Crippen LogP contribution >= 0.6 is 0 Å². The second-order valence-corrected chi connectivity index (χ2v) is 6.84. The van der Waals surface area contributed by atoms with Gasteiger partial charge in [0.15, 0.2) is 0 Å². The predicted molar refractivity (Wildman–Crippen MR) is 98.0 cm³/mol. The average Bonchev–Trinajstić information content (AvgIpc) is 3.15. The lowest BCUT2D eigenvalue weighted by atomic mass is 9.96. The van der Waals surface area contributed by atoms with E-state index in [9.17, 15) is 14.3 Å². The van der Waals surface area contributed by atoms with Gasteiger partial charge in [-0.05, 0) is 43.5 Å². The van der Waals surface area contributed by atoms with Crippen LogP contribution in [0.5, 0.6) is 0 Å². The van der Waals surface area contributed by atoms with Gasteiger partial charge in [0.1, 0.15) is 17.6 Å². The summed E-state index contributed by atoms with van der Waals surface area (Å²) in [6, 6.07) is 5.06. The Hall–Kier alpha value is -2.36. The number of nitrogens with one attached hydrogen (secondary N) is 1. The fraction of sp³-hybridized carbons (Fsp3) is 0.526. The Labute approximate surface area is 162 Å². The van der Waals surface area contributed by atoms with E-state index in [0.29, 0.717) is 25.1 Å². The second kappa shape index (κ2) is 9.72. The third-order valence-electron chi connectivity index (χ3n) is 4.78. The summed E-state index contributed by atoms with van der Waals surface area (Å²) in [5, 5.41) is 20.6. The van der Waals surface area contributed by atoms with Crippen LogP contribution in [0.2, 0.25) is 0 Å². The van der Waals surface area contributed by atoms with Crippen LogP contribution in [0.25, 0.3) is 0 Å². The standard InChI is InChI=1S/C19H25FN4O4/c1-27-12-15-10-24(23-22-15)9-8-16-6-7-17(18(11-25)28-16)21-19(26)13-2-4-14(20)5-3-13/h2-5,10,16-18,25H,6-9,11-12H2,1H3,(H,21,26)/t16-,17+,18+/m1/s1. The summed E-state index contributed by atoms with van der Waals surface area (Å²) in [5.74, 6) is -0.700. The number of carbonyl (C=O) groups is 1. The molecule has 28 heavy (non-hydrogen) atoms. The quantitative estimate of drug-likeness (QED) is 0.703. The molecule has 1 aliphatic rings. The minimum absolute atomic E-state index is 0.0359. The second-order valence-electron chi connectivity index (χ2n) is 6.84. The molecule has 1 aliphatic heterocycles. The molecule has 9 heteroatoms. The zero-order valence-corrected chi connectivity index (χ0v) is 15.8. The first-order chi connectivity index (χ1) is 13.6. The third kappa shape index (κ3) is 5.34. The van der Waals surface area contributed by atoms with Crippen LogP contribution in [0.1, 0.15) is 35.3 Å². The molecule has 2 aromatic rings. The molecular formula is C19H25FN4O4. The van der Waals surface area contributed by atoms with E-state index in [4.69, 9.17) is 9.47 Å². The number of carbonyl (C=O) groups excluding carboxylic acids is 1. The molecule has 1 amide bonds. The molecule has 3 rings (SSSR count). The molecule has 0 unspecified atom stereocenters. The Balaban J connectivity index is 1.49. The molecule has 0 radical (unpaired) electrons. The molecular weight excluding hydrogens is 367 g/mol. The Morgan fingerprint density at radius 1 is 1.39 bits per heavy atom. The molecule has 8 nitrogen and oxygen atoms in total. The number of halogens is 1. The van der Waals surface area contributed by atoms with Crippen molar-refractivity contribution in [1.82, 2.24) is 20.3 Å². The lowest BCUT2D eigenvalue weighted by Crippen LogP contribution is -2.51. The third-order valence-corrected chi connectivity index (χ3v) is 4.78. The maximum atomic E-state index is 13.0. The van der Waals surface area contributed by atoms with Crippen LogP contribution in [-0.2, 0) is 22.6 Å². The number of ether oxygens (including phenoxy) is 2. The van der Waals surface area contributed by atoms with E-state index in [1.807, 2.05) is 6.20 Å². The Kier molecular flexibility index (Phi) is 7.07. The molecule has 3 atom stereocenters. The van der Waals surface area contributed by atoms with Gasteiger partial charge in [0.05, 0.1) is 31.6 Å². The van der Waals surface area contributed by atoms with Crippen molar-refractivity contribution in [2.24, 2.45) is 0 Å². The van der Waals surface area contributed by atoms with E-state index in [1.54, 1.807) is 11.8 Å². The van der Waals surface area contributed by atoms with Gasteiger partial charge in [0, 0.05) is 19.2 Å². The molecule has 1 aromatic heterocycles. The van der Waals surface area contributed by atoms with Crippen molar-refractivity contribution >= 4 is 5.91 Å². The molecule has 1 aromatic carbocycles. The number of benzene rings is 1. The van der Waals surface area contributed by atoms with E-state index >= 15 is 0 Å². The first-order valence-corrected chi connectivity index (χ1v) is 9.29. The van der Waals surface area contributed by atoms with Crippen LogP contribution in [0.4, 0.5) is 4.39 Å². The van der Waals surface area contributed by atoms with Gasteiger partial charge in [-0.2, -0.15) is 0 Å². The Bertz CT molecular complexity index is 768. The zero-order chi connectivity index (χ0) is 19.9. The highest BCUT2D eigenvalue weighted by Gasteiger charge is 2.32. The fourth-order valence-electron chi connectivity index (χ4n) is 3.30. The lowest BCUT2D eigenvalue weighted by molar-refractivity contribution is -0.0912. The van der Waals surface area contributed by atoms with Crippen molar-refractivity contribution in [3.8, 4) is 0 Å². The first-order valence-electron chi connectivity index (χ1n) is 9.29. The van der Waals surface area contributed by atoms with Crippen molar-refractivity contribution in [2.45, 2.75) is 50.7 Å². The minimum Gasteiger partial charge on any atom is -0.394 e. The number of aliphatic hydroxyl groups is 1. The molecule has 0 aliphatic carbocycles. The number of aliphatic hydroxyl groups excluding tert-OH is 1. The molecule has 2 N–H and O–H groups in total. The highest BCUT2D eigenvalue weighted by atomic mass is 19.1. The largest absolute Gasteiger partial charge is 0.394 e. The van der Waals surface area contributed by atoms with Crippen LogP contribution in [0, 0.1) is 5.82 Å². The molecule has 0 saturated carbocycles. The van der Waals surface area contributed by atoms with Gasteiger partial charge in [-0.1, -0.05) is 5.21 Å². The highest BCUT2D eigenvalue weighted by molar-refractivity contribution is 5.94. The van der Waals surface area contributed by atoms with Gasteiger partial charge in [-0.15, -0.1) is 5.10 Å². The van der Waals surface area contributed by atoms with E-state index in [0.717, 1.165) is 18.5 Å². The molecule has 1 fully saturated rings. The van der Waals surface area contributed by atoms with Crippen molar-refractivity contribution in [2.75, 3.05) is 13.7 Å². The number of methoxy groups -OCH3 is 1. The predicted octanol–water partition coefficient (Wildman–Crippen LogP) is 1.29. The van der Waals surface area contributed by atoms with Gasteiger partial charge >= 0.3 is 0 Å². The first kappa shape index (κ1) is 20.4. The summed E-state index contributed by atoms with van der Waals surface area (Å²) < 4.78 is 25.7. The summed E-state index contributed by atoms with van der Waals surface area (Å²) in [4.78, 5) is 12.3. The molecule has 1 saturated heterocycles. The number of amides is 1. The summed E-state index contributed by atoms with van der Waals surface area (Å²) in [7, 11) is 1.61. The summed E-state index contributed by atoms with van der Waals surface area (Å²) in [6.45, 7) is 0.875. The number of hydrogen-bond donors (Lipinski definition) is 2. The normalized spacial score (nSPS) is 22.2. The smallest absolute Gasteiger partial charge is 0.251 e. The highest BCUT2D eigenvalue weighted by Crippen LogP contribution is 2.22. The van der Waals surface area contributed by atoms with E-state index in [1.165, 1.54) is 24.3 Å². The average molecular weight is 392 g/mol. The number of nitrogens with zero attached hydrogens (tertiary/aromatic N) is 3. The summed E-state index contributed by atoms with van der Waals surface area (Å²) in [5.41, 5.74) is 1.14. The van der Waals surface area contributed by atoms with Crippen molar-refractivity contribution in [3.05, 3.63) is 47.5 Å². The van der Waals surface area contributed by atoms with Crippen molar-refractivity contribution in [1.29, 1.82) is 0 Å². The topological polar surface area (TPSA) is 98.5 Å². The maximum Gasteiger partial charge on any atom is 0.251 e.